The van der Waals surface area contributed by atoms with Gasteiger partial charge in [0.15, 0.2) is 0 Å². The molecule has 0 fully saturated rings. The van der Waals surface area contributed by atoms with Crippen LogP contribution in [0.25, 0.3) is 0 Å². The van der Waals surface area contributed by atoms with Gasteiger partial charge >= 0.3 is 5.97 Å². The van der Waals surface area contributed by atoms with Crippen LogP contribution in [0.3, 0.4) is 0 Å². The van der Waals surface area contributed by atoms with Gasteiger partial charge in [0.25, 0.3) is 0 Å². The summed E-state index contributed by atoms with van der Waals surface area (Å²) in [5.41, 5.74) is 0.852. The number of carbonyl (C=O) groups is 1. The maximum atomic E-state index is 11.0. The number of carboxylic acid groups (broad SMARTS) is 1. The van der Waals surface area contributed by atoms with Crippen LogP contribution in [-0.2, 0) is 4.79 Å². The zero-order valence-electron chi connectivity index (χ0n) is 9.10. The molecule has 0 amide bonds. The van der Waals surface area contributed by atoms with E-state index < -0.39 is 12.0 Å². The smallest absolute Gasteiger partial charge is 0.326 e. The van der Waals surface area contributed by atoms with Crippen molar-refractivity contribution in [2.24, 2.45) is 5.92 Å². The SMILES string of the molecule is CC[C@H](C)[C@H](Nc1ccccc1)C(=O)O. The van der Waals surface area contributed by atoms with Crippen molar-refractivity contribution < 1.29 is 9.90 Å². The Morgan fingerprint density at radius 2 is 2.00 bits per heavy atom. The molecule has 82 valence electrons. The highest BCUT2D eigenvalue weighted by Crippen LogP contribution is 2.14. The molecule has 0 aliphatic carbocycles. The maximum Gasteiger partial charge on any atom is 0.326 e. The number of rotatable bonds is 5. The molecule has 0 aliphatic rings. The van der Waals surface area contributed by atoms with Crippen molar-refractivity contribution in [1.29, 1.82) is 0 Å². The third kappa shape index (κ3) is 3.27. The quantitative estimate of drug-likeness (QED) is 0.780. The maximum absolute atomic E-state index is 11.0. The predicted molar refractivity (Wildman–Crippen MR) is 60.9 cm³/mol. The molecule has 0 spiro atoms. The minimum absolute atomic E-state index is 0.114. The Hall–Kier alpha value is -1.51. The van der Waals surface area contributed by atoms with Crippen LogP contribution < -0.4 is 5.32 Å². The van der Waals surface area contributed by atoms with Gasteiger partial charge in [0.1, 0.15) is 6.04 Å². The molecule has 0 aromatic heterocycles. The molecule has 2 atom stereocenters. The van der Waals surface area contributed by atoms with Gasteiger partial charge in [-0.15, -0.1) is 0 Å². The van der Waals surface area contributed by atoms with Gasteiger partial charge in [-0.2, -0.15) is 0 Å². The summed E-state index contributed by atoms with van der Waals surface area (Å²) in [7, 11) is 0. The van der Waals surface area contributed by atoms with Crippen LogP contribution >= 0.6 is 0 Å². The monoisotopic (exact) mass is 207 g/mol. The van der Waals surface area contributed by atoms with Gasteiger partial charge in [-0.1, -0.05) is 38.5 Å². The molecule has 2 N–H and O–H groups in total. The number of aliphatic carboxylic acids is 1. The van der Waals surface area contributed by atoms with Crippen molar-refractivity contribution in [3.05, 3.63) is 30.3 Å². The van der Waals surface area contributed by atoms with Crippen LogP contribution in [-0.4, -0.2) is 17.1 Å². The molecule has 0 radical (unpaired) electrons. The largest absolute Gasteiger partial charge is 0.480 e. The van der Waals surface area contributed by atoms with Crippen molar-refractivity contribution >= 4 is 11.7 Å². The number of nitrogens with one attached hydrogen (secondary N) is 1. The Balaban J connectivity index is 2.71. The van der Waals surface area contributed by atoms with E-state index in [2.05, 4.69) is 5.32 Å². The number of anilines is 1. The van der Waals surface area contributed by atoms with Crippen molar-refractivity contribution in [2.75, 3.05) is 5.32 Å². The summed E-state index contributed by atoms with van der Waals surface area (Å²) in [6, 6.07) is 8.91. The van der Waals surface area contributed by atoms with Crippen molar-refractivity contribution in [1.82, 2.24) is 0 Å². The van der Waals surface area contributed by atoms with E-state index in [-0.39, 0.29) is 5.92 Å². The van der Waals surface area contributed by atoms with Crippen molar-refractivity contribution in [2.45, 2.75) is 26.3 Å². The lowest BCUT2D eigenvalue weighted by atomic mass is 9.99. The third-order valence-corrected chi connectivity index (χ3v) is 2.57. The second-order valence-electron chi connectivity index (χ2n) is 3.71. The second-order valence-corrected chi connectivity index (χ2v) is 3.71. The van der Waals surface area contributed by atoms with E-state index in [0.717, 1.165) is 12.1 Å². The summed E-state index contributed by atoms with van der Waals surface area (Å²) in [4.78, 5) is 11.0. The van der Waals surface area contributed by atoms with Crippen LogP contribution in [0.1, 0.15) is 20.3 Å². The Labute approximate surface area is 90.1 Å². The first-order valence-electron chi connectivity index (χ1n) is 5.19. The van der Waals surface area contributed by atoms with Gasteiger partial charge in [0.05, 0.1) is 0 Å². The summed E-state index contributed by atoms with van der Waals surface area (Å²) in [5.74, 6) is -0.684. The lowest BCUT2D eigenvalue weighted by Crippen LogP contribution is -2.35. The summed E-state index contributed by atoms with van der Waals surface area (Å²) < 4.78 is 0. The number of para-hydroxylation sites is 1. The van der Waals surface area contributed by atoms with Gasteiger partial charge in [-0.25, -0.2) is 4.79 Å². The fourth-order valence-electron chi connectivity index (χ4n) is 1.40. The molecule has 3 nitrogen and oxygen atoms in total. The molecule has 1 aromatic carbocycles. The molecule has 0 unspecified atom stereocenters. The average Bonchev–Trinajstić information content (AvgIpc) is 2.26. The van der Waals surface area contributed by atoms with Gasteiger partial charge in [0.2, 0.25) is 0 Å². The Morgan fingerprint density at radius 1 is 1.40 bits per heavy atom. The molecule has 1 rings (SSSR count). The van der Waals surface area contributed by atoms with Gasteiger partial charge in [-0.05, 0) is 18.1 Å². The zero-order valence-corrected chi connectivity index (χ0v) is 9.10. The van der Waals surface area contributed by atoms with E-state index >= 15 is 0 Å². The highest BCUT2D eigenvalue weighted by molar-refractivity contribution is 5.77. The lowest BCUT2D eigenvalue weighted by Gasteiger charge is -2.21. The lowest BCUT2D eigenvalue weighted by molar-refractivity contribution is -0.139. The highest BCUT2D eigenvalue weighted by atomic mass is 16.4. The van der Waals surface area contributed by atoms with Gasteiger partial charge in [0, 0.05) is 5.69 Å². The molecule has 3 heteroatoms. The first-order chi connectivity index (χ1) is 7.15. The molecule has 0 saturated heterocycles. The Kier molecular flexibility index (Phi) is 4.16. The average molecular weight is 207 g/mol. The Bertz CT molecular complexity index is 311. The normalized spacial score (nSPS) is 14.3. The van der Waals surface area contributed by atoms with E-state index in [1.54, 1.807) is 0 Å². The molecule has 0 saturated carbocycles. The molecule has 1 aromatic rings. The van der Waals surface area contributed by atoms with Crippen LogP contribution in [0.5, 0.6) is 0 Å². The van der Waals surface area contributed by atoms with Gasteiger partial charge in [-0.3, -0.25) is 0 Å². The van der Waals surface area contributed by atoms with E-state index in [9.17, 15) is 4.79 Å². The summed E-state index contributed by atoms with van der Waals surface area (Å²) in [5, 5.41) is 12.1. The third-order valence-electron chi connectivity index (χ3n) is 2.57. The number of carboxylic acids is 1. The highest BCUT2D eigenvalue weighted by Gasteiger charge is 2.22. The molecule has 0 aliphatic heterocycles. The van der Waals surface area contributed by atoms with E-state index in [0.29, 0.717) is 0 Å². The summed E-state index contributed by atoms with van der Waals surface area (Å²) >= 11 is 0. The van der Waals surface area contributed by atoms with Crippen molar-refractivity contribution in [3.63, 3.8) is 0 Å². The predicted octanol–water partition coefficient (Wildman–Crippen LogP) is 2.60. The number of hydrogen-bond acceptors (Lipinski definition) is 2. The van der Waals surface area contributed by atoms with Crippen LogP contribution in [0.15, 0.2) is 30.3 Å². The topological polar surface area (TPSA) is 49.3 Å². The standard InChI is InChI=1S/C12H17NO2/c1-3-9(2)11(12(14)15)13-10-7-5-4-6-8-10/h4-9,11,13H,3H2,1-2H3,(H,14,15)/t9-,11-/m0/s1. The molecule has 15 heavy (non-hydrogen) atoms. The van der Waals surface area contributed by atoms with Gasteiger partial charge < -0.3 is 10.4 Å². The number of hydrogen-bond donors (Lipinski definition) is 2. The molecule has 0 bridgehead atoms. The second kappa shape index (κ2) is 5.39. The number of benzene rings is 1. The first kappa shape index (κ1) is 11.6. The van der Waals surface area contributed by atoms with E-state index in [1.165, 1.54) is 0 Å². The summed E-state index contributed by atoms with van der Waals surface area (Å²) in [6.07, 6.45) is 0.844. The molecular formula is C12H17NO2. The molecular weight excluding hydrogens is 190 g/mol. The molecule has 0 heterocycles. The summed E-state index contributed by atoms with van der Waals surface area (Å²) in [6.45, 7) is 3.93. The van der Waals surface area contributed by atoms with E-state index in [1.807, 2.05) is 44.2 Å². The fourth-order valence-corrected chi connectivity index (χ4v) is 1.40. The van der Waals surface area contributed by atoms with Crippen LogP contribution in [0.2, 0.25) is 0 Å². The van der Waals surface area contributed by atoms with E-state index in [4.69, 9.17) is 5.11 Å². The first-order valence-corrected chi connectivity index (χ1v) is 5.19. The fraction of sp³-hybridized carbons (Fsp3) is 0.417. The minimum Gasteiger partial charge on any atom is -0.480 e. The van der Waals surface area contributed by atoms with Crippen molar-refractivity contribution in [3.8, 4) is 0 Å². The van der Waals surface area contributed by atoms with Crippen LogP contribution in [0.4, 0.5) is 5.69 Å². The minimum atomic E-state index is -0.798. The van der Waals surface area contributed by atoms with Crippen LogP contribution in [0, 0.1) is 5.92 Å². The Morgan fingerprint density at radius 3 is 2.47 bits per heavy atom. The zero-order chi connectivity index (χ0) is 11.3.